The highest BCUT2D eigenvalue weighted by Gasteiger charge is 2.25. The van der Waals surface area contributed by atoms with Crippen molar-refractivity contribution in [2.45, 2.75) is 39.0 Å². The van der Waals surface area contributed by atoms with Gasteiger partial charge in [-0.2, -0.15) is 5.10 Å². The summed E-state index contributed by atoms with van der Waals surface area (Å²) in [6.45, 7) is 2.25. The number of carbonyl (C=O) groups is 1. The predicted molar refractivity (Wildman–Crippen MR) is 131 cm³/mol. The van der Waals surface area contributed by atoms with Crippen LogP contribution in [0.2, 0.25) is 0 Å². The third-order valence-corrected chi connectivity index (χ3v) is 7.52. The van der Waals surface area contributed by atoms with E-state index in [-0.39, 0.29) is 12.7 Å². The normalized spacial score (nSPS) is 14.4. The van der Waals surface area contributed by atoms with Crippen LogP contribution in [-0.4, -0.2) is 54.5 Å². The van der Waals surface area contributed by atoms with Gasteiger partial charge in [0.2, 0.25) is 18.4 Å². The lowest BCUT2D eigenvalue weighted by Crippen LogP contribution is -2.26. The van der Waals surface area contributed by atoms with Crippen molar-refractivity contribution >= 4 is 39.5 Å². The molecule has 1 N–H and O–H groups in total. The van der Waals surface area contributed by atoms with Gasteiger partial charge in [-0.15, -0.1) is 11.3 Å². The van der Waals surface area contributed by atoms with E-state index in [9.17, 15) is 4.79 Å². The monoisotopic (exact) mass is 481 g/mol. The first-order chi connectivity index (χ1) is 16.6. The minimum Gasteiger partial charge on any atom is -0.492 e. The van der Waals surface area contributed by atoms with Gasteiger partial charge in [0.15, 0.2) is 17.3 Å². The van der Waals surface area contributed by atoms with Crippen LogP contribution in [0, 0.1) is 0 Å². The van der Waals surface area contributed by atoms with Crippen LogP contribution in [0.4, 0.5) is 5.82 Å². The first-order valence-electron chi connectivity index (χ1n) is 11.3. The number of amides is 1. The summed E-state index contributed by atoms with van der Waals surface area (Å²) in [6, 6.07) is 1.93. The van der Waals surface area contributed by atoms with Crippen LogP contribution in [0.5, 0.6) is 17.2 Å². The summed E-state index contributed by atoms with van der Waals surface area (Å²) in [5, 5.41) is 5.60. The third kappa shape index (κ3) is 4.13. The van der Waals surface area contributed by atoms with Gasteiger partial charge < -0.3 is 19.1 Å². The molecule has 5 rings (SSSR count). The van der Waals surface area contributed by atoms with Gasteiger partial charge in [0.1, 0.15) is 11.2 Å². The Morgan fingerprint density at radius 2 is 2.18 bits per heavy atom. The number of aryl methyl sites for hydroxylation is 2. The second-order valence-electron chi connectivity index (χ2n) is 8.39. The summed E-state index contributed by atoms with van der Waals surface area (Å²) in [4.78, 5) is 24.7. The van der Waals surface area contributed by atoms with Gasteiger partial charge >= 0.3 is 0 Å². The molecule has 2 aliphatic rings. The molecule has 1 amide bonds. The number of ether oxygens (including phenoxy) is 3. The van der Waals surface area contributed by atoms with Crippen LogP contribution < -0.4 is 19.6 Å². The van der Waals surface area contributed by atoms with Crippen molar-refractivity contribution in [3.63, 3.8) is 0 Å². The van der Waals surface area contributed by atoms with E-state index >= 15 is 0 Å². The highest BCUT2D eigenvalue weighted by molar-refractivity contribution is 7.19. The minimum absolute atomic E-state index is 0.0106. The molecule has 34 heavy (non-hydrogen) atoms. The van der Waals surface area contributed by atoms with Gasteiger partial charge in [-0.3, -0.25) is 10.2 Å². The summed E-state index contributed by atoms with van der Waals surface area (Å²) in [5.74, 6) is 2.46. The Hall–Kier alpha value is -3.40. The number of carbonyl (C=O) groups excluding carboxylic acids is 1. The van der Waals surface area contributed by atoms with Crippen molar-refractivity contribution in [3.05, 3.63) is 34.0 Å². The van der Waals surface area contributed by atoms with E-state index in [1.54, 1.807) is 49.9 Å². The van der Waals surface area contributed by atoms with Crippen LogP contribution in [0.15, 0.2) is 17.5 Å². The number of methoxy groups -OCH3 is 1. The molecule has 0 spiro atoms. The van der Waals surface area contributed by atoms with E-state index in [1.807, 2.05) is 6.07 Å². The number of anilines is 1. The number of fused-ring (bicyclic) bond motifs is 4. The highest BCUT2D eigenvalue weighted by Crippen LogP contribution is 2.44. The molecule has 0 saturated carbocycles. The van der Waals surface area contributed by atoms with E-state index in [4.69, 9.17) is 14.2 Å². The molecular weight excluding hydrogens is 454 g/mol. The second kappa shape index (κ2) is 9.46. The molecule has 0 radical (unpaired) electrons. The Balaban J connectivity index is 1.47. The SMILES string of the molecule is COc1c(C=NNc2ncnc3sc4c(c23)CCCC4)c(CCN(C)C(C)=O)cc2c1OCO2. The highest BCUT2D eigenvalue weighted by atomic mass is 32.1. The van der Waals surface area contributed by atoms with Gasteiger partial charge in [-0.25, -0.2) is 9.97 Å². The van der Waals surface area contributed by atoms with Crippen molar-refractivity contribution in [1.82, 2.24) is 14.9 Å². The zero-order valence-corrected chi connectivity index (χ0v) is 20.3. The van der Waals surface area contributed by atoms with Crippen molar-refractivity contribution in [1.29, 1.82) is 0 Å². The number of aromatic nitrogens is 2. The summed E-state index contributed by atoms with van der Waals surface area (Å²) >= 11 is 1.75. The number of nitrogens with one attached hydrogen (secondary N) is 1. The second-order valence-corrected chi connectivity index (χ2v) is 9.47. The number of thiophene rings is 1. The average molecular weight is 482 g/mol. The summed E-state index contributed by atoms with van der Waals surface area (Å²) in [7, 11) is 3.38. The van der Waals surface area contributed by atoms with Crippen LogP contribution in [0.25, 0.3) is 10.2 Å². The van der Waals surface area contributed by atoms with E-state index < -0.39 is 0 Å². The first kappa shape index (κ1) is 22.4. The number of rotatable bonds is 7. The molecule has 9 nitrogen and oxygen atoms in total. The fourth-order valence-corrected chi connectivity index (χ4v) is 5.64. The van der Waals surface area contributed by atoms with Crippen molar-refractivity contribution in [2.75, 3.05) is 32.9 Å². The Kier molecular flexibility index (Phi) is 6.23. The van der Waals surface area contributed by atoms with Gasteiger partial charge in [0.05, 0.1) is 18.7 Å². The summed E-state index contributed by atoms with van der Waals surface area (Å²) in [5.41, 5.74) is 6.20. The molecule has 178 valence electrons. The average Bonchev–Trinajstić information content (AvgIpc) is 3.46. The van der Waals surface area contributed by atoms with E-state index in [2.05, 4.69) is 20.5 Å². The fourth-order valence-electron chi connectivity index (χ4n) is 4.41. The molecule has 0 saturated heterocycles. The lowest BCUT2D eigenvalue weighted by atomic mass is 9.97. The van der Waals surface area contributed by atoms with E-state index in [0.717, 1.165) is 34.2 Å². The van der Waals surface area contributed by atoms with Crippen molar-refractivity contribution < 1.29 is 19.0 Å². The maximum absolute atomic E-state index is 11.7. The quantitative estimate of drug-likeness (QED) is 0.405. The molecule has 0 unspecified atom stereocenters. The zero-order chi connectivity index (χ0) is 23.7. The zero-order valence-electron chi connectivity index (χ0n) is 19.5. The predicted octanol–water partition coefficient (Wildman–Crippen LogP) is 3.77. The standard InChI is InChI=1S/C24H27N5O4S/c1-14(30)29(2)9-8-15-10-18-22(33-13-32-18)21(31-3)17(15)11-27-28-23-20-16-6-4-5-7-19(16)34-24(20)26-12-25-23/h10-12H,4-9,13H2,1-3H3,(H,25,26,28). The number of likely N-dealkylation sites (N-methyl/N-ethyl adjacent to an activating group) is 1. The smallest absolute Gasteiger partial charge is 0.231 e. The van der Waals surface area contributed by atoms with Crippen LogP contribution in [0.3, 0.4) is 0 Å². The van der Waals surface area contributed by atoms with Crippen molar-refractivity contribution in [2.24, 2.45) is 5.10 Å². The minimum atomic E-state index is 0.0106. The van der Waals surface area contributed by atoms with E-state index in [1.165, 1.54) is 23.3 Å². The Bertz CT molecular complexity index is 1270. The molecule has 1 aliphatic carbocycles. The number of hydrogen-bond donors (Lipinski definition) is 1. The Morgan fingerprint density at radius 3 is 3.00 bits per heavy atom. The molecule has 2 aromatic heterocycles. The van der Waals surface area contributed by atoms with Crippen LogP contribution in [-0.2, 0) is 24.1 Å². The largest absolute Gasteiger partial charge is 0.492 e. The third-order valence-electron chi connectivity index (χ3n) is 6.32. The lowest BCUT2D eigenvalue weighted by molar-refractivity contribution is -0.127. The van der Waals surface area contributed by atoms with Gasteiger partial charge in [-0.05, 0) is 49.3 Å². The maximum Gasteiger partial charge on any atom is 0.231 e. The topological polar surface area (TPSA) is 98.2 Å². The van der Waals surface area contributed by atoms with Gasteiger partial charge in [-0.1, -0.05) is 0 Å². The summed E-state index contributed by atoms with van der Waals surface area (Å²) < 4.78 is 16.9. The molecule has 3 aromatic rings. The number of hydrogen-bond acceptors (Lipinski definition) is 9. The lowest BCUT2D eigenvalue weighted by Gasteiger charge is -2.17. The van der Waals surface area contributed by atoms with Crippen LogP contribution in [0.1, 0.15) is 41.3 Å². The number of benzene rings is 1. The fraction of sp³-hybridized carbons (Fsp3) is 0.417. The Morgan fingerprint density at radius 1 is 1.32 bits per heavy atom. The van der Waals surface area contributed by atoms with Crippen LogP contribution >= 0.6 is 11.3 Å². The number of nitrogens with zero attached hydrogens (tertiary/aromatic N) is 4. The molecule has 10 heteroatoms. The molecule has 1 aromatic carbocycles. The molecule has 1 aliphatic heterocycles. The van der Waals surface area contributed by atoms with Crippen molar-refractivity contribution in [3.8, 4) is 17.2 Å². The maximum atomic E-state index is 11.7. The molecule has 0 bridgehead atoms. The summed E-state index contributed by atoms with van der Waals surface area (Å²) in [6.07, 6.45) is 8.46. The number of hydrazone groups is 1. The molecule has 3 heterocycles. The molecule has 0 atom stereocenters. The molecular formula is C24H27N5O4S. The van der Waals surface area contributed by atoms with E-state index in [0.29, 0.717) is 36.0 Å². The Labute approximate surface area is 201 Å². The van der Waals surface area contributed by atoms with Gasteiger partial charge in [0.25, 0.3) is 0 Å². The molecule has 0 fully saturated rings. The first-order valence-corrected chi connectivity index (χ1v) is 12.1. The van der Waals surface area contributed by atoms with Gasteiger partial charge in [0, 0.05) is 31.0 Å².